The van der Waals surface area contributed by atoms with Crippen LogP contribution in [-0.2, 0) is 9.47 Å². The summed E-state index contributed by atoms with van der Waals surface area (Å²) in [4.78, 5) is 0. The van der Waals surface area contributed by atoms with Crippen LogP contribution in [0.25, 0.3) is 0 Å². The van der Waals surface area contributed by atoms with Gasteiger partial charge >= 0.3 is 0 Å². The molecule has 1 N–H and O–H groups in total. The SMILES string of the molecule is CC(C)(C)CC1NCCOC12CCOCC2. The minimum absolute atomic E-state index is 0.0454. The summed E-state index contributed by atoms with van der Waals surface area (Å²) in [5, 5.41) is 3.66. The quantitative estimate of drug-likeness (QED) is 0.743. The van der Waals surface area contributed by atoms with Gasteiger partial charge in [0.25, 0.3) is 0 Å². The molecular weight excluding hydrogens is 202 g/mol. The van der Waals surface area contributed by atoms with Gasteiger partial charge in [0.1, 0.15) is 0 Å². The number of ether oxygens (including phenoxy) is 2. The maximum Gasteiger partial charge on any atom is 0.0879 e. The van der Waals surface area contributed by atoms with Gasteiger partial charge in [-0.05, 0) is 11.8 Å². The van der Waals surface area contributed by atoms with Gasteiger partial charge in [0, 0.05) is 38.6 Å². The minimum Gasteiger partial charge on any atom is -0.381 e. The Bertz CT molecular complexity index is 220. The van der Waals surface area contributed by atoms with Crippen molar-refractivity contribution in [1.29, 1.82) is 0 Å². The minimum atomic E-state index is 0.0454. The molecule has 2 aliphatic rings. The van der Waals surface area contributed by atoms with Gasteiger partial charge in [0.2, 0.25) is 0 Å². The number of morpholine rings is 1. The first kappa shape index (κ1) is 12.3. The van der Waals surface area contributed by atoms with Crippen LogP contribution in [0.2, 0.25) is 0 Å². The number of nitrogens with one attached hydrogen (secondary N) is 1. The van der Waals surface area contributed by atoms with Gasteiger partial charge in [-0.2, -0.15) is 0 Å². The number of hydrogen-bond donors (Lipinski definition) is 1. The van der Waals surface area contributed by atoms with E-state index >= 15 is 0 Å². The van der Waals surface area contributed by atoms with Crippen molar-refractivity contribution in [2.45, 2.75) is 51.7 Å². The standard InChI is InChI=1S/C13H25NO2/c1-12(2,3)10-11-13(16-9-6-14-11)4-7-15-8-5-13/h11,14H,4-10H2,1-3H3. The molecule has 0 aromatic carbocycles. The van der Waals surface area contributed by atoms with Crippen LogP contribution < -0.4 is 5.32 Å². The zero-order valence-electron chi connectivity index (χ0n) is 10.8. The first-order valence-corrected chi connectivity index (χ1v) is 6.47. The monoisotopic (exact) mass is 227 g/mol. The summed E-state index contributed by atoms with van der Waals surface area (Å²) in [6.07, 6.45) is 3.26. The third-order valence-corrected chi connectivity index (χ3v) is 3.67. The molecule has 0 aromatic heterocycles. The summed E-state index contributed by atoms with van der Waals surface area (Å²) in [5.41, 5.74) is 0.396. The van der Waals surface area contributed by atoms with E-state index in [2.05, 4.69) is 26.1 Å². The Morgan fingerprint density at radius 1 is 1.19 bits per heavy atom. The van der Waals surface area contributed by atoms with Crippen LogP contribution in [0.4, 0.5) is 0 Å². The average molecular weight is 227 g/mol. The topological polar surface area (TPSA) is 30.5 Å². The van der Waals surface area contributed by atoms with Crippen molar-refractivity contribution in [2.24, 2.45) is 5.41 Å². The maximum atomic E-state index is 6.12. The molecule has 1 atom stereocenters. The second kappa shape index (κ2) is 4.63. The third-order valence-electron chi connectivity index (χ3n) is 3.67. The van der Waals surface area contributed by atoms with Crippen molar-refractivity contribution < 1.29 is 9.47 Å². The van der Waals surface area contributed by atoms with Crippen molar-refractivity contribution >= 4 is 0 Å². The Hall–Kier alpha value is -0.120. The Balaban J connectivity index is 2.06. The van der Waals surface area contributed by atoms with Crippen LogP contribution in [0, 0.1) is 5.41 Å². The summed E-state index contributed by atoms with van der Waals surface area (Å²) >= 11 is 0. The van der Waals surface area contributed by atoms with Crippen molar-refractivity contribution in [1.82, 2.24) is 5.32 Å². The fraction of sp³-hybridized carbons (Fsp3) is 1.00. The molecule has 94 valence electrons. The largest absolute Gasteiger partial charge is 0.381 e. The van der Waals surface area contributed by atoms with Gasteiger partial charge in [-0.25, -0.2) is 0 Å². The smallest absolute Gasteiger partial charge is 0.0879 e. The first-order valence-electron chi connectivity index (χ1n) is 6.47. The van der Waals surface area contributed by atoms with E-state index in [4.69, 9.17) is 9.47 Å². The van der Waals surface area contributed by atoms with Gasteiger partial charge < -0.3 is 14.8 Å². The molecular formula is C13H25NO2. The summed E-state index contributed by atoms with van der Waals surface area (Å²) in [5.74, 6) is 0. The molecule has 0 radical (unpaired) electrons. The van der Waals surface area contributed by atoms with E-state index < -0.39 is 0 Å². The van der Waals surface area contributed by atoms with Gasteiger partial charge in [-0.3, -0.25) is 0 Å². The average Bonchev–Trinajstić information content (AvgIpc) is 2.21. The van der Waals surface area contributed by atoms with Crippen molar-refractivity contribution in [3.8, 4) is 0 Å². The highest BCUT2D eigenvalue weighted by molar-refractivity contribution is 4.98. The molecule has 3 heteroatoms. The lowest BCUT2D eigenvalue weighted by Gasteiger charge is -2.48. The predicted octanol–water partition coefficient (Wildman–Crippen LogP) is 1.96. The van der Waals surface area contributed by atoms with E-state index in [0.29, 0.717) is 11.5 Å². The molecule has 2 aliphatic heterocycles. The summed E-state index contributed by atoms with van der Waals surface area (Å²) in [6.45, 7) is 10.4. The molecule has 2 saturated heterocycles. The Labute approximate surface area is 98.9 Å². The van der Waals surface area contributed by atoms with Crippen molar-refractivity contribution in [3.05, 3.63) is 0 Å². The molecule has 0 bridgehead atoms. The molecule has 3 nitrogen and oxygen atoms in total. The highest BCUT2D eigenvalue weighted by Crippen LogP contribution is 2.36. The molecule has 2 fully saturated rings. The summed E-state index contributed by atoms with van der Waals surface area (Å²) in [6, 6.07) is 0.491. The second-order valence-corrected chi connectivity index (χ2v) is 6.30. The zero-order valence-corrected chi connectivity index (χ0v) is 10.8. The third kappa shape index (κ3) is 2.76. The molecule has 2 rings (SSSR count). The Morgan fingerprint density at radius 3 is 2.50 bits per heavy atom. The van der Waals surface area contributed by atoms with E-state index in [9.17, 15) is 0 Å². The van der Waals surface area contributed by atoms with E-state index in [-0.39, 0.29) is 5.60 Å². The van der Waals surface area contributed by atoms with E-state index in [1.807, 2.05) is 0 Å². The normalized spacial score (nSPS) is 30.6. The first-order chi connectivity index (χ1) is 7.52. The van der Waals surface area contributed by atoms with E-state index in [0.717, 1.165) is 39.2 Å². The van der Waals surface area contributed by atoms with Crippen LogP contribution in [0.15, 0.2) is 0 Å². The predicted molar refractivity (Wildman–Crippen MR) is 64.6 cm³/mol. The number of rotatable bonds is 1. The Kier molecular flexibility index (Phi) is 3.57. The van der Waals surface area contributed by atoms with Crippen LogP contribution in [0.5, 0.6) is 0 Å². The van der Waals surface area contributed by atoms with E-state index in [1.165, 1.54) is 6.42 Å². The fourth-order valence-electron chi connectivity index (χ4n) is 2.85. The second-order valence-electron chi connectivity index (χ2n) is 6.30. The lowest BCUT2D eigenvalue weighted by Crippen LogP contribution is -2.61. The zero-order chi connectivity index (χ0) is 11.6. The fourth-order valence-corrected chi connectivity index (χ4v) is 2.85. The Morgan fingerprint density at radius 2 is 1.88 bits per heavy atom. The van der Waals surface area contributed by atoms with Crippen molar-refractivity contribution in [2.75, 3.05) is 26.4 Å². The van der Waals surface area contributed by atoms with Crippen LogP contribution in [0.3, 0.4) is 0 Å². The van der Waals surface area contributed by atoms with E-state index in [1.54, 1.807) is 0 Å². The molecule has 0 saturated carbocycles. The molecule has 16 heavy (non-hydrogen) atoms. The molecule has 1 unspecified atom stereocenters. The lowest BCUT2D eigenvalue weighted by atomic mass is 9.76. The van der Waals surface area contributed by atoms with Crippen LogP contribution in [-0.4, -0.2) is 38.0 Å². The molecule has 1 spiro atoms. The number of hydrogen-bond acceptors (Lipinski definition) is 3. The molecule has 0 aliphatic carbocycles. The van der Waals surface area contributed by atoms with Gasteiger partial charge in [-0.15, -0.1) is 0 Å². The summed E-state index contributed by atoms with van der Waals surface area (Å²) in [7, 11) is 0. The summed E-state index contributed by atoms with van der Waals surface area (Å²) < 4.78 is 11.6. The lowest BCUT2D eigenvalue weighted by molar-refractivity contribution is -0.153. The van der Waals surface area contributed by atoms with Crippen LogP contribution in [0.1, 0.15) is 40.0 Å². The van der Waals surface area contributed by atoms with Gasteiger partial charge in [0.05, 0.1) is 12.2 Å². The highest BCUT2D eigenvalue weighted by atomic mass is 16.5. The van der Waals surface area contributed by atoms with Crippen LogP contribution >= 0.6 is 0 Å². The highest BCUT2D eigenvalue weighted by Gasteiger charge is 2.44. The molecule has 2 heterocycles. The van der Waals surface area contributed by atoms with Gasteiger partial charge in [-0.1, -0.05) is 20.8 Å². The molecule has 0 amide bonds. The molecule has 0 aromatic rings. The maximum absolute atomic E-state index is 6.12. The van der Waals surface area contributed by atoms with Crippen molar-refractivity contribution in [3.63, 3.8) is 0 Å². The van der Waals surface area contributed by atoms with Gasteiger partial charge in [0.15, 0.2) is 0 Å².